The van der Waals surface area contributed by atoms with Gasteiger partial charge in [0.05, 0.1) is 18.0 Å². The number of unbranched alkanes of at least 4 members (excludes halogenated alkanes) is 1. The summed E-state index contributed by atoms with van der Waals surface area (Å²) in [4.78, 5) is 36.6. The molecular formula is C29H42FN5O5. The number of pyridine rings is 2. The van der Waals surface area contributed by atoms with Crippen LogP contribution >= 0.6 is 0 Å². The Morgan fingerprint density at radius 3 is 2.33 bits per heavy atom. The quantitative estimate of drug-likeness (QED) is 0.383. The van der Waals surface area contributed by atoms with E-state index in [9.17, 15) is 9.59 Å². The van der Waals surface area contributed by atoms with Crippen molar-refractivity contribution in [2.75, 3.05) is 37.5 Å². The number of aryl methyl sites for hydroxylation is 1. The fraction of sp³-hybridized carbons (Fsp3) is 0.586. The molecule has 0 unspecified atom stereocenters. The molecule has 0 aliphatic carbocycles. The van der Waals surface area contributed by atoms with Crippen molar-refractivity contribution in [3.05, 3.63) is 34.9 Å². The van der Waals surface area contributed by atoms with E-state index in [1.807, 2.05) is 20.8 Å². The van der Waals surface area contributed by atoms with Crippen molar-refractivity contribution < 1.29 is 28.2 Å². The summed E-state index contributed by atoms with van der Waals surface area (Å²) in [6, 6.07) is 3.39. The lowest BCUT2D eigenvalue weighted by Gasteiger charge is -2.25. The van der Waals surface area contributed by atoms with Gasteiger partial charge in [-0.2, -0.15) is 0 Å². The summed E-state index contributed by atoms with van der Waals surface area (Å²) in [6.07, 6.45) is 1.39. The van der Waals surface area contributed by atoms with Gasteiger partial charge in [0, 0.05) is 44.4 Å². The van der Waals surface area contributed by atoms with Crippen LogP contribution in [0, 0.1) is 12.7 Å². The van der Waals surface area contributed by atoms with Crippen molar-refractivity contribution in [2.24, 2.45) is 0 Å². The van der Waals surface area contributed by atoms with Gasteiger partial charge in [-0.05, 0) is 73.8 Å². The van der Waals surface area contributed by atoms with E-state index in [2.05, 4.69) is 15.3 Å². The number of ether oxygens (including phenoxy) is 3. The molecule has 0 bridgehead atoms. The van der Waals surface area contributed by atoms with Crippen molar-refractivity contribution in [2.45, 2.75) is 85.4 Å². The predicted octanol–water partition coefficient (Wildman–Crippen LogP) is 6.16. The number of aromatic nitrogens is 2. The van der Waals surface area contributed by atoms with Crippen LogP contribution < -0.4 is 15.0 Å². The summed E-state index contributed by atoms with van der Waals surface area (Å²) in [5.74, 6) is 0.382. The van der Waals surface area contributed by atoms with E-state index in [1.54, 1.807) is 53.9 Å². The molecule has 0 radical (unpaired) electrons. The van der Waals surface area contributed by atoms with E-state index in [-0.39, 0.29) is 11.9 Å². The first-order chi connectivity index (χ1) is 18.5. The normalized spacial score (nSPS) is 12.8. The fourth-order valence-corrected chi connectivity index (χ4v) is 4.09. The van der Waals surface area contributed by atoms with Crippen LogP contribution in [0.15, 0.2) is 12.1 Å². The number of amides is 2. The van der Waals surface area contributed by atoms with Gasteiger partial charge in [-0.3, -0.25) is 4.90 Å². The Kier molecular flexibility index (Phi) is 9.48. The number of anilines is 3. The molecule has 0 spiro atoms. The Morgan fingerprint density at radius 1 is 1.02 bits per heavy atom. The molecule has 0 fully saturated rings. The maximum absolute atomic E-state index is 15.8. The van der Waals surface area contributed by atoms with E-state index < -0.39 is 23.1 Å². The highest BCUT2D eigenvalue weighted by Crippen LogP contribution is 2.35. The number of hydrogen-bond donors (Lipinski definition) is 1. The van der Waals surface area contributed by atoms with Crippen molar-refractivity contribution in [1.29, 1.82) is 0 Å². The minimum atomic E-state index is -0.643. The topological polar surface area (TPSA) is 106 Å². The van der Waals surface area contributed by atoms with Crippen LogP contribution in [-0.2, 0) is 22.3 Å². The van der Waals surface area contributed by atoms with Gasteiger partial charge in [0.25, 0.3) is 0 Å². The summed E-state index contributed by atoms with van der Waals surface area (Å²) < 4.78 is 32.4. The van der Waals surface area contributed by atoms with Crippen LogP contribution in [0.2, 0.25) is 0 Å². The average molecular weight is 560 g/mol. The van der Waals surface area contributed by atoms with Crippen LogP contribution in [0.25, 0.3) is 0 Å². The number of halogens is 1. The maximum Gasteiger partial charge on any atom is 0.414 e. The van der Waals surface area contributed by atoms with E-state index >= 15 is 4.39 Å². The Balaban J connectivity index is 1.75. The summed E-state index contributed by atoms with van der Waals surface area (Å²) in [5, 5.41) is 3.01. The van der Waals surface area contributed by atoms with Gasteiger partial charge in [0.2, 0.25) is 0 Å². The highest BCUT2D eigenvalue weighted by molar-refractivity contribution is 5.88. The van der Waals surface area contributed by atoms with Gasteiger partial charge in [-0.1, -0.05) is 0 Å². The molecule has 3 rings (SSSR count). The largest absolute Gasteiger partial charge is 0.491 e. The molecule has 2 amide bonds. The lowest BCUT2D eigenvalue weighted by Crippen LogP contribution is -2.34. The lowest BCUT2D eigenvalue weighted by molar-refractivity contribution is 0.0296. The third kappa shape index (κ3) is 8.43. The number of fused-ring (bicyclic) bond motifs is 1. The molecule has 10 nitrogen and oxygen atoms in total. The van der Waals surface area contributed by atoms with Gasteiger partial charge < -0.3 is 24.4 Å². The molecule has 0 atom stereocenters. The predicted molar refractivity (Wildman–Crippen MR) is 152 cm³/mol. The fourth-order valence-electron chi connectivity index (χ4n) is 4.09. The number of hydrogen-bond acceptors (Lipinski definition) is 8. The maximum atomic E-state index is 15.8. The zero-order chi connectivity index (χ0) is 29.8. The van der Waals surface area contributed by atoms with Crippen LogP contribution in [-0.4, -0.2) is 65.5 Å². The second kappa shape index (κ2) is 12.3. The Hall–Kier alpha value is -3.63. The minimum Gasteiger partial charge on any atom is -0.491 e. The van der Waals surface area contributed by atoms with E-state index in [4.69, 9.17) is 14.2 Å². The van der Waals surface area contributed by atoms with Gasteiger partial charge >= 0.3 is 12.2 Å². The second-order valence-electron chi connectivity index (χ2n) is 12.0. The van der Waals surface area contributed by atoms with Gasteiger partial charge in [-0.15, -0.1) is 0 Å². The van der Waals surface area contributed by atoms with Crippen LogP contribution in [0.3, 0.4) is 0 Å². The molecule has 220 valence electrons. The molecule has 3 heterocycles. The molecule has 40 heavy (non-hydrogen) atoms. The molecular weight excluding hydrogens is 517 g/mol. The van der Waals surface area contributed by atoms with Crippen LogP contribution in [0.5, 0.6) is 5.75 Å². The molecule has 1 aliphatic heterocycles. The standard InChI is InChI=1S/C29H42FN5O5/c1-18-16-19(35(9)27(37)40-29(5,6)7)17-22(31-18)33-25-23(30)20(24-21(32-25)13-15-38-24)12-10-11-14-34(8)26(36)39-28(2,3)4/h16-17H,10-15H2,1-9H3,(H,31,32,33). The van der Waals surface area contributed by atoms with E-state index in [1.165, 1.54) is 9.80 Å². The average Bonchev–Trinajstić information content (AvgIpc) is 3.28. The Bertz CT molecular complexity index is 1240. The van der Waals surface area contributed by atoms with Gasteiger partial charge in [0.15, 0.2) is 11.6 Å². The van der Waals surface area contributed by atoms with E-state index in [0.29, 0.717) is 73.0 Å². The van der Waals surface area contributed by atoms with Crippen molar-refractivity contribution >= 4 is 29.5 Å². The first kappa shape index (κ1) is 30.9. The van der Waals surface area contributed by atoms with E-state index in [0.717, 1.165) is 0 Å². The first-order valence-corrected chi connectivity index (χ1v) is 13.5. The van der Waals surface area contributed by atoms with Crippen molar-refractivity contribution in [3.63, 3.8) is 0 Å². The van der Waals surface area contributed by atoms with Crippen molar-refractivity contribution in [3.8, 4) is 5.75 Å². The Labute approximate surface area is 236 Å². The van der Waals surface area contributed by atoms with Gasteiger partial charge in [-0.25, -0.2) is 23.9 Å². The summed E-state index contributed by atoms with van der Waals surface area (Å²) in [6.45, 7) is 13.6. The van der Waals surface area contributed by atoms with Gasteiger partial charge in [0.1, 0.15) is 22.8 Å². The minimum absolute atomic E-state index is 0.0501. The molecule has 1 N–H and O–H groups in total. The molecule has 11 heteroatoms. The lowest BCUT2D eigenvalue weighted by atomic mass is 10.1. The van der Waals surface area contributed by atoms with Crippen molar-refractivity contribution in [1.82, 2.24) is 14.9 Å². The monoisotopic (exact) mass is 559 g/mol. The first-order valence-electron chi connectivity index (χ1n) is 13.5. The molecule has 2 aromatic heterocycles. The summed E-state index contributed by atoms with van der Waals surface area (Å²) in [5.41, 5.74) is 1.10. The molecule has 1 aliphatic rings. The smallest absolute Gasteiger partial charge is 0.414 e. The number of rotatable bonds is 8. The molecule has 2 aromatic rings. The van der Waals surface area contributed by atoms with Crippen LogP contribution in [0.1, 0.15) is 71.3 Å². The summed E-state index contributed by atoms with van der Waals surface area (Å²) >= 11 is 0. The second-order valence-corrected chi connectivity index (χ2v) is 12.0. The number of nitrogens with zero attached hydrogens (tertiary/aromatic N) is 4. The molecule has 0 saturated carbocycles. The van der Waals surface area contributed by atoms with Crippen LogP contribution in [0.4, 0.5) is 31.3 Å². The third-order valence-corrected chi connectivity index (χ3v) is 5.96. The zero-order valence-corrected chi connectivity index (χ0v) is 25.1. The third-order valence-electron chi connectivity index (χ3n) is 5.96. The molecule has 0 aromatic carbocycles. The summed E-state index contributed by atoms with van der Waals surface area (Å²) in [7, 11) is 3.30. The SMILES string of the molecule is Cc1cc(N(C)C(=O)OC(C)(C)C)cc(Nc2nc3c(c(CCCCN(C)C(=O)OC(C)(C)C)c2F)OCC3)n1. The highest BCUT2D eigenvalue weighted by Gasteiger charge is 2.26. The highest BCUT2D eigenvalue weighted by atomic mass is 19.1. The molecule has 0 saturated heterocycles. The Morgan fingerprint density at radius 2 is 1.68 bits per heavy atom. The number of carbonyl (C=O) groups excluding carboxylic acids is 2. The number of nitrogens with one attached hydrogen (secondary N) is 1. The number of carbonyl (C=O) groups is 2. The zero-order valence-electron chi connectivity index (χ0n) is 25.1.